The molecule has 1 aliphatic carbocycles. The molecule has 2 atom stereocenters. The third-order valence-electron chi connectivity index (χ3n) is 8.23. The summed E-state index contributed by atoms with van der Waals surface area (Å²) in [5.74, 6) is 1.21. The molecule has 5 rings (SSSR count). The van der Waals surface area contributed by atoms with E-state index in [9.17, 15) is 8.42 Å². The van der Waals surface area contributed by atoms with Gasteiger partial charge in [-0.3, -0.25) is 9.21 Å². The number of anilines is 1. The Labute approximate surface area is 222 Å². The first-order valence-corrected chi connectivity index (χ1v) is 15.0. The van der Waals surface area contributed by atoms with Crippen molar-refractivity contribution in [1.82, 2.24) is 4.90 Å². The number of hydrogen-bond acceptors (Lipinski definition) is 4. The van der Waals surface area contributed by atoms with Gasteiger partial charge in [-0.2, -0.15) is 0 Å². The highest BCUT2D eigenvalue weighted by atomic mass is 32.2. The first-order valence-electron chi connectivity index (χ1n) is 13.5. The third-order valence-corrected chi connectivity index (χ3v) is 10.1. The van der Waals surface area contributed by atoms with Crippen molar-refractivity contribution in [1.29, 1.82) is 0 Å². The first kappa shape index (κ1) is 25.8. The van der Waals surface area contributed by atoms with E-state index < -0.39 is 10.0 Å². The van der Waals surface area contributed by atoms with Crippen molar-refractivity contribution >= 4 is 15.7 Å². The molecule has 1 heterocycles. The second kappa shape index (κ2) is 11.3. The van der Waals surface area contributed by atoms with E-state index in [0.717, 1.165) is 37.2 Å². The van der Waals surface area contributed by atoms with Gasteiger partial charge >= 0.3 is 0 Å². The lowest BCUT2D eigenvalue weighted by Crippen LogP contribution is -2.51. The number of rotatable bonds is 7. The van der Waals surface area contributed by atoms with Crippen LogP contribution in [-0.4, -0.2) is 45.6 Å². The lowest BCUT2D eigenvalue weighted by atomic mass is 9.78. The maximum absolute atomic E-state index is 14.1. The van der Waals surface area contributed by atoms with Crippen molar-refractivity contribution in [3.63, 3.8) is 0 Å². The van der Waals surface area contributed by atoms with Gasteiger partial charge < -0.3 is 4.74 Å². The smallest absolute Gasteiger partial charge is 0.264 e. The zero-order valence-electron chi connectivity index (χ0n) is 21.9. The van der Waals surface area contributed by atoms with Crippen LogP contribution in [0.5, 0.6) is 5.75 Å². The van der Waals surface area contributed by atoms with E-state index in [1.165, 1.54) is 31.2 Å². The molecule has 1 saturated heterocycles. The van der Waals surface area contributed by atoms with Crippen LogP contribution in [0.4, 0.5) is 5.69 Å². The van der Waals surface area contributed by atoms with E-state index in [1.807, 2.05) is 31.2 Å². The van der Waals surface area contributed by atoms with E-state index in [4.69, 9.17) is 4.74 Å². The molecule has 2 fully saturated rings. The van der Waals surface area contributed by atoms with Crippen LogP contribution in [0.3, 0.4) is 0 Å². The molecule has 2 unspecified atom stereocenters. The number of para-hydroxylation sites is 1. The Bertz CT molecular complexity index is 1270. The molecule has 5 nitrogen and oxygen atoms in total. The van der Waals surface area contributed by atoms with Gasteiger partial charge in [-0.25, -0.2) is 8.42 Å². The van der Waals surface area contributed by atoms with Crippen molar-refractivity contribution in [3.05, 3.63) is 90.0 Å². The first-order chi connectivity index (χ1) is 18.0. The van der Waals surface area contributed by atoms with E-state index in [2.05, 4.69) is 35.2 Å². The van der Waals surface area contributed by atoms with Gasteiger partial charge in [0.15, 0.2) is 0 Å². The van der Waals surface area contributed by atoms with Gasteiger partial charge in [-0.15, -0.1) is 0 Å². The van der Waals surface area contributed by atoms with Crippen LogP contribution in [-0.2, 0) is 10.0 Å². The number of benzene rings is 3. The van der Waals surface area contributed by atoms with Crippen LogP contribution >= 0.6 is 0 Å². The van der Waals surface area contributed by atoms with Gasteiger partial charge in [0.1, 0.15) is 5.75 Å². The molecule has 37 heavy (non-hydrogen) atoms. The fraction of sp³-hybridized carbons (Fsp3) is 0.419. The normalized spacial score (nSPS) is 21.5. The quantitative estimate of drug-likeness (QED) is 0.364. The van der Waals surface area contributed by atoms with Gasteiger partial charge in [-0.1, -0.05) is 61.4 Å². The van der Waals surface area contributed by atoms with E-state index in [1.54, 1.807) is 35.7 Å². The van der Waals surface area contributed by atoms with E-state index in [-0.39, 0.29) is 6.04 Å². The lowest BCUT2D eigenvalue weighted by Gasteiger charge is -2.45. The number of sulfonamides is 1. The standard InChI is InChI=1S/C31H38N2O3S/c1-24-10-6-8-14-30(24)33(37(34,35)28-18-16-27(36-2)17-19-28)26-20-22-32(23-21-26)31-15-9-7-13-29(31)25-11-4-3-5-12-25/h3-6,8,10-12,14,16-19,26,29,31H,7,9,13,15,20-23H2,1-2H3. The van der Waals surface area contributed by atoms with E-state index >= 15 is 0 Å². The molecule has 0 amide bonds. The molecule has 3 aromatic rings. The van der Waals surface area contributed by atoms with Gasteiger partial charge in [0.25, 0.3) is 10.0 Å². The zero-order valence-corrected chi connectivity index (χ0v) is 22.7. The molecule has 1 saturated carbocycles. The topological polar surface area (TPSA) is 49.9 Å². The number of nitrogens with zero attached hydrogens (tertiary/aromatic N) is 2. The molecule has 0 radical (unpaired) electrons. The summed E-state index contributed by atoms with van der Waals surface area (Å²) in [5.41, 5.74) is 3.19. The summed E-state index contributed by atoms with van der Waals surface area (Å²) in [6, 6.07) is 26.0. The van der Waals surface area contributed by atoms with Gasteiger partial charge in [0.05, 0.1) is 17.7 Å². The predicted octanol–water partition coefficient (Wildman–Crippen LogP) is 6.39. The Kier molecular flexibility index (Phi) is 7.87. The summed E-state index contributed by atoms with van der Waals surface area (Å²) in [6.07, 6.45) is 6.65. The highest BCUT2D eigenvalue weighted by molar-refractivity contribution is 7.92. The minimum absolute atomic E-state index is 0.0804. The maximum Gasteiger partial charge on any atom is 0.264 e. The maximum atomic E-state index is 14.1. The Balaban J connectivity index is 1.40. The van der Waals surface area contributed by atoms with Crippen molar-refractivity contribution in [3.8, 4) is 5.75 Å². The molecule has 6 heteroatoms. The molecular weight excluding hydrogens is 480 g/mol. The van der Waals surface area contributed by atoms with Crippen molar-refractivity contribution in [2.75, 3.05) is 24.5 Å². The Hall–Kier alpha value is -2.83. The van der Waals surface area contributed by atoms with Gasteiger partial charge in [0.2, 0.25) is 0 Å². The Morgan fingerprint density at radius 3 is 2.14 bits per heavy atom. The van der Waals surface area contributed by atoms with Crippen LogP contribution in [0.15, 0.2) is 83.8 Å². The predicted molar refractivity (Wildman–Crippen MR) is 150 cm³/mol. The highest BCUT2D eigenvalue weighted by Gasteiger charge is 2.38. The van der Waals surface area contributed by atoms with E-state index in [0.29, 0.717) is 22.6 Å². The van der Waals surface area contributed by atoms with Crippen LogP contribution in [0.25, 0.3) is 0 Å². The van der Waals surface area contributed by atoms with Crippen molar-refractivity contribution in [2.24, 2.45) is 0 Å². The monoisotopic (exact) mass is 518 g/mol. The molecule has 1 aliphatic heterocycles. The SMILES string of the molecule is COc1ccc(S(=O)(=O)N(c2ccccc2C)C2CCN(C3CCCCC3c3ccccc3)CC2)cc1. The Morgan fingerprint density at radius 2 is 1.46 bits per heavy atom. The zero-order chi connectivity index (χ0) is 25.8. The number of aryl methyl sites for hydroxylation is 1. The summed E-state index contributed by atoms with van der Waals surface area (Å²) >= 11 is 0. The number of piperidine rings is 1. The summed E-state index contributed by atoms with van der Waals surface area (Å²) in [7, 11) is -2.15. The summed E-state index contributed by atoms with van der Waals surface area (Å²) < 4.78 is 35.1. The van der Waals surface area contributed by atoms with Crippen LogP contribution in [0, 0.1) is 6.92 Å². The molecule has 2 aliphatic rings. The number of hydrogen-bond donors (Lipinski definition) is 0. The van der Waals surface area contributed by atoms with Gasteiger partial charge in [-0.05, 0) is 80.0 Å². The minimum Gasteiger partial charge on any atom is -0.497 e. The largest absolute Gasteiger partial charge is 0.497 e. The Morgan fingerprint density at radius 1 is 0.811 bits per heavy atom. The lowest BCUT2D eigenvalue weighted by molar-refractivity contribution is 0.107. The minimum atomic E-state index is -3.74. The second-order valence-electron chi connectivity index (χ2n) is 10.4. The highest BCUT2D eigenvalue weighted by Crippen LogP contribution is 2.39. The molecule has 196 valence electrons. The molecule has 0 N–H and O–H groups in total. The molecule has 3 aromatic carbocycles. The molecular formula is C31H38N2O3S. The van der Waals surface area contributed by atoms with Crippen LogP contribution in [0.1, 0.15) is 55.6 Å². The third kappa shape index (κ3) is 5.41. The number of likely N-dealkylation sites (tertiary alicyclic amines) is 1. The number of ether oxygens (including phenoxy) is 1. The number of methoxy groups -OCH3 is 1. The second-order valence-corrected chi connectivity index (χ2v) is 12.2. The molecule has 0 spiro atoms. The summed E-state index contributed by atoms with van der Waals surface area (Å²) in [5, 5.41) is 0. The summed E-state index contributed by atoms with van der Waals surface area (Å²) in [6.45, 7) is 3.83. The fourth-order valence-corrected chi connectivity index (χ4v) is 8.06. The average molecular weight is 519 g/mol. The average Bonchev–Trinajstić information content (AvgIpc) is 2.95. The fourth-order valence-electron chi connectivity index (χ4n) is 6.28. The summed E-state index contributed by atoms with van der Waals surface area (Å²) in [4.78, 5) is 2.94. The van der Waals surface area contributed by atoms with Gasteiger partial charge in [0, 0.05) is 25.2 Å². The van der Waals surface area contributed by atoms with Crippen molar-refractivity contribution < 1.29 is 13.2 Å². The van der Waals surface area contributed by atoms with Crippen LogP contribution in [0.2, 0.25) is 0 Å². The molecule has 0 bridgehead atoms. The molecule has 0 aromatic heterocycles. The van der Waals surface area contributed by atoms with Crippen molar-refractivity contribution in [2.45, 2.75) is 68.3 Å². The van der Waals surface area contributed by atoms with Crippen LogP contribution < -0.4 is 9.04 Å².